The second-order valence-electron chi connectivity index (χ2n) is 10.2. The standard InChI is InChI=1S/C24H32Cl2N4O3/c1-15-22(32)30-17(6-10-28-11-9-24(7-8-24)21(31)14-28)3-4-18(30)13-29(15)23(33)27-16-2-5-19(25)20(26)12-16/h2,5,12,15,17-18,21,31H,3-4,6-11,13-14H2,1H3,(H,27,33)/t15-,17-,18-,21+/m0/s1. The summed E-state index contributed by atoms with van der Waals surface area (Å²) in [5, 5.41) is 14.1. The molecule has 0 radical (unpaired) electrons. The fourth-order valence-electron chi connectivity index (χ4n) is 5.90. The van der Waals surface area contributed by atoms with E-state index in [0.29, 0.717) is 22.3 Å². The number of carbonyl (C=O) groups excluding carboxylic acids is 2. The number of hydrogen-bond donors (Lipinski definition) is 2. The van der Waals surface area contributed by atoms with Gasteiger partial charge in [-0.15, -0.1) is 0 Å². The van der Waals surface area contributed by atoms with Crippen molar-refractivity contribution in [3.05, 3.63) is 28.2 Å². The zero-order valence-corrected chi connectivity index (χ0v) is 20.5. The Kier molecular flexibility index (Phi) is 6.27. The second kappa shape index (κ2) is 8.91. The summed E-state index contributed by atoms with van der Waals surface area (Å²) < 4.78 is 0. The number of nitrogens with one attached hydrogen (secondary N) is 1. The minimum atomic E-state index is -0.517. The number of halogens is 2. The van der Waals surface area contributed by atoms with E-state index >= 15 is 0 Å². The van der Waals surface area contributed by atoms with Crippen LogP contribution in [-0.4, -0.2) is 82.2 Å². The van der Waals surface area contributed by atoms with Crippen LogP contribution < -0.4 is 5.32 Å². The average molecular weight is 495 g/mol. The number of fused-ring (bicyclic) bond motifs is 1. The molecule has 4 atom stereocenters. The number of likely N-dealkylation sites (tertiary alicyclic amines) is 1. The Bertz CT molecular complexity index is 940. The van der Waals surface area contributed by atoms with Crippen molar-refractivity contribution >= 4 is 40.8 Å². The molecule has 1 aliphatic carbocycles. The summed E-state index contributed by atoms with van der Waals surface area (Å²) in [5.74, 6) is 0.0219. The van der Waals surface area contributed by atoms with E-state index in [4.69, 9.17) is 23.2 Å². The van der Waals surface area contributed by atoms with Crippen LogP contribution in [0.4, 0.5) is 10.5 Å². The van der Waals surface area contributed by atoms with Crippen LogP contribution in [0.1, 0.15) is 45.4 Å². The maximum atomic E-state index is 13.3. The summed E-state index contributed by atoms with van der Waals surface area (Å²) in [7, 11) is 0. The summed E-state index contributed by atoms with van der Waals surface area (Å²) in [6, 6.07) is 4.39. The fraction of sp³-hybridized carbons (Fsp3) is 0.667. The lowest BCUT2D eigenvalue weighted by Crippen LogP contribution is -2.62. The van der Waals surface area contributed by atoms with Gasteiger partial charge >= 0.3 is 6.03 Å². The van der Waals surface area contributed by atoms with E-state index in [9.17, 15) is 14.7 Å². The van der Waals surface area contributed by atoms with Gasteiger partial charge in [0.15, 0.2) is 0 Å². The molecule has 1 aromatic carbocycles. The van der Waals surface area contributed by atoms with Gasteiger partial charge in [0.25, 0.3) is 0 Å². The van der Waals surface area contributed by atoms with Crippen molar-refractivity contribution in [1.29, 1.82) is 0 Å². The average Bonchev–Trinajstić information content (AvgIpc) is 3.46. The molecule has 0 unspecified atom stereocenters. The molecule has 9 heteroatoms. The number of rotatable bonds is 4. The Hall–Kier alpha value is -1.54. The first kappa shape index (κ1) is 23.2. The molecule has 4 aliphatic rings. The number of urea groups is 1. The van der Waals surface area contributed by atoms with Crippen LogP contribution in [0.25, 0.3) is 0 Å². The van der Waals surface area contributed by atoms with E-state index in [1.54, 1.807) is 30.0 Å². The number of piperazine rings is 1. The topological polar surface area (TPSA) is 76.1 Å². The van der Waals surface area contributed by atoms with Gasteiger partial charge in [-0.25, -0.2) is 4.79 Å². The van der Waals surface area contributed by atoms with Crippen LogP contribution in [0.5, 0.6) is 0 Å². The van der Waals surface area contributed by atoms with Gasteiger partial charge in [0.1, 0.15) is 6.04 Å². The molecule has 3 saturated heterocycles. The molecule has 1 saturated carbocycles. The van der Waals surface area contributed by atoms with E-state index in [-0.39, 0.29) is 35.5 Å². The van der Waals surface area contributed by atoms with Crippen molar-refractivity contribution < 1.29 is 14.7 Å². The lowest BCUT2D eigenvalue weighted by atomic mass is 9.90. The first-order valence-electron chi connectivity index (χ1n) is 12.0. The van der Waals surface area contributed by atoms with Crippen molar-refractivity contribution in [2.75, 3.05) is 31.5 Å². The molecule has 1 aromatic rings. The molecule has 5 rings (SSSR count). The highest BCUT2D eigenvalue weighted by molar-refractivity contribution is 6.42. The molecule has 33 heavy (non-hydrogen) atoms. The van der Waals surface area contributed by atoms with E-state index in [0.717, 1.165) is 45.3 Å². The molecule has 4 fully saturated rings. The number of benzene rings is 1. The maximum Gasteiger partial charge on any atom is 0.322 e. The first-order valence-corrected chi connectivity index (χ1v) is 12.8. The van der Waals surface area contributed by atoms with Crippen LogP contribution in [0, 0.1) is 5.41 Å². The molecule has 3 aliphatic heterocycles. The Morgan fingerprint density at radius 1 is 1.18 bits per heavy atom. The minimum Gasteiger partial charge on any atom is -0.391 e. The van der Waals surface area contributed by atoms with Gasteiger partial charge in [-0.05, 0) is 75.6 Å². The monoisotopic (exact) mass is 494 g/mol. The number of aliphatic hydroxyl groups excluding tert-OH is 1. The van der Waals surface area contributed by atoms with Crippen LogP contribution in [0.3, 0.4) is 0 Å². The molecule has 3 amide bonds. The van der Waals surface area contributed by atoms with Gasteiger partial charge in [0, 0.05) is 37.4 Å². The third kappa shape index (κ3) is 4.45. The Labute approximate surface area is 205 Å². The third-order valence-electron chi connectivity index (χ3n) is 8.27. The predicted octanol–water partition coefficient (Wildman–Crippen LogP) is 3.83. The second-order valence-corrected chi connectivity index (χ2v) is 11.0. The number of β-amino-alcohol motifs (C(OH)–C–C–N with tert-alkyl or cyclic N) is 1. The SMILES string of the molecule is C[C@H]1C(=O)N2[C@H](CCN3CCC4(CC4)[C@H](O)C3)CC[C@H]2CN1C(=O)Nc1ccc(Cl)c(Cl)c1. The van der Waals surface area contributed by atoms with E-state index in [1.807, 2.05) is 4.90 Å². The van der Waals surface area contributed by atoms with E-state index in [1.165, 1.54) is 12.8 Å². The summed E-state index contributed by atoms with van der Waals surface area (Å²) in [6.45, 7) is 5.04. The molecule has 3 heterocycles. The lowest BCUT2D eigenvalue weighted by Gasteiger charge is -2.44. The zero-order chi connectivity index (χ0) is 23.3. The molecule has 180 valence electrons. The van der Waals surface area contributed by atoms with Gasteiger partial charge < -0.3 is 25.1 Å². The largest absolute Gasteiger partial charge is 0.391 e. The molecular weight excluding hydrogens is 463 g/mol. The van der Waals surface area contributed by atoms with Gasteiger partial charge in [-0.3, -0.25) is 4.79 Å². The lowest BCUT2D eigenvalue weighted by molar-refractivity contribution is -0.143. The quantitative estimate of drug-likeness (QED) is 0.666. The number of nitrogens with zero attached hydrogens (tertiary/aromatic N) is 3. The molecule has 7 nitrogen and oxygen atoms in total. The van der Waals surface area contributed by atoms with Crippen molar-refractivity contribution in [2.45, 2.75) is 69.7 Å². The Morgan fingerprint density at radius 2 is 1.97 bits per heavy atom. The number of piperidine rings is 1. The van der Waals surface area contributed by atoms with Gasteiger partial charge in [-0.1, -0.05) is 23.2 Å². The number of carbonyl (C=O) groups is 2. The van der Waals surface area contributed by atoms with Crippen LogP contribution >= 0.6 is 23.2 Å². The highest BCUT2D eigenvalue weighted by Crippen LogP contribution is 2.53. The van der Waals surface area contributed by atoms with Crippen molar-refractivity contribution in [3.63, 3.8) is 0 Å². The zero-order valence-electron chi connectivity index (χ0n) is 19.0. The molecule has 1 spiro atoms. The number of aliphatic hydroxyl groups is 1. The predicted molar refractivity (Wildman–Crippen MR) is 129 cm³/mol. The summed E-state index contributed by atoms with van der Waals surface area (Å²) >= 11 is 12.0. The van der Waals surface area contributed by atoms with Gasteiger partial charge in [0.05, 0.1) is 16.1 Å². The Balaban J connectivity index is 1.17. The molecular formula is C24H32Cl2N4O3. The van der Waals surface area contributed by atoms with Crippen LogP contribution in [-0.2, 0) is 4.79 Å². The summed E-state index contributed by atoms with van der Waals surface area (Å²) in [6.07, 6.45) is 6.01. The van der Waals surface area contributed by atoms with Crippen LogP contribution in [0.2, 0.25) is 10.0 Å². The van der Waals surface area contributed by atoms with Gasteiger partial charge in [0.2, 0.25) is 5.91 Å². The highest BCUT2D eigenvalue weighted by Gasteiger charge is 2.51. The van der Waals surface area contributed by atoms with Crippen molar-refractivity contribution in [1.82, 2.24) is 14.7 Å². The van der Waals surface area contributed by atoms with E-state index in [2.05, 4.69) is 10.2 Å². The fourth-order valence-corrected chi connectivity index (χ4v) is 6.20. The summed E-state index contributed by atoms with van der Waals surface area (Å²) in [5.41, 5.74) is 0.770. The number of hydrogen-bond acceptors (Lipinski definition) is 4. The van der Waals surface area contributed by atoms with Crippen LogP contribution in [0.15, 0.2) is 18.2 Å². The third-order valence-corrected chi connectivity index (χ3v) is 9.01. The minimum absolute atomic E-state index is 0.0219. The van der Waals surface area contributed by atoms with Crippen molar-refractivity contribution in [2.24, 2.45) is 5.41 Å². The Morgan fingerprint density at radius 3 is 2.67 bits per heavy atom. The smallest absolute Gasteiger partial charge is 0.322 e. The van der Waals surface area contributed by atoms with Gasteiger partial charge in [-0.2, -0.15) is 0 Å². The highest BCUT2D eigenvalue weighted by atomic mass is 35.5. The number of anilines is 1. The molecule has 0 aromatic heterocycles. The first-order chi connectivity index (χ1) is 15.8. The molecule has 0 bridgehead atoms. The summed E-state index contributed by atoms with van der Waals surface area (Å²) in [4.78, 5) is 32.3. The molecule has 2 N–H and O–H groups in total. The van der Waals surface area contributed by atoms with Crippen molar-refractivity contribution in [3.8, 4) is 0 Å². The van der Waals surface area contributed by atoms with E-state index < -0.39 is 6.04 Å². The number of amides is 3. The normalized spacial score (nSPS) is 31.1. The maximum absolute atomic E-state index is 13.3.